The SMILES string of the molecule is CCC(C)(C)Cc1ccc(F)c(C#N)c1. The van der Waals surface area contributed by atoms with Crippen molar-refractivity contribution in [3.8, 4) is 6.07 Å². The third kappa shape index (κ3) is 3.06. The molecule has 0 aliphatic rings. The molecule has 0 N–H and O–H groups in total. The van der Waals surface area contributed by atoms with Gasteiger partial charge in [-0.3, -0.25) is 0 Å². The van der Waals surface area contributed by atoms with Crippen molar-refractivity contribution in [1.29, 1.82) is 5.26 Å². The Morgan fingerprint density at radius 1 is 1.40 bits per heavy atom. The van der Waals surface area contributed by atoms with Gasteiger partial charge in [-0.25, -0.2) is 4.39 Å². The van der Waals surface area contributed by atoms with Crippen molar-refractivity contribution in [2.24, 2.45) is 5.41 Å². The van der Waals surface area contributed by atoms with Crippen molar-refractivity contribution in [1.82, 2.24) is 0 Å². The van der Waals surface area contributed by atoms with E-state index in [0.29, 0.717) is 0 Å². The second kappa shape index (κ2) is 4.44. The molecule has 2 heteroatoms. The summed E-state index contributed by atoms with van der Waals surface area (Å²) in [6.07, 6.45) is 1.94. The molecule has 0 saturated carbocycles. The van der Waals surface area contributed by atoms with E-state index in [1.165, 1.54) is 6.07 Å². The van der Waals surface area contributed by atoms with E-state index in [1.54, 1.807) is 12.1 Å². The highest BCUT2D eigenvalue weighted by Crippen LogP contribution is 2.26. The molecule has 0 radical (unpaired) electrons. The summed E-state index contributed by atoms with van der Waals surface area (Å²) in [5, 5.41) is 8.71. The van der Waals surface area contributed by atoms with E-state index in [0.717, 1.165) is 18.4 Å². The van der Waals surface area contributed by atoms with Crippen LogP contribution < -0.4 is 0 Å². The molecule has 0 saturated heterocycles. The number of halogens is 1. The summed E-state index contributed by atoms with van der Waals surface area (Å²) in [4.78, 5) is 0. The number of rotatable bonds is 3. The van der Waals surface area contributed by atoms with E-state index in [9.17, 15) is 4.39 Å². The van der Waals surface area contributed by atoms with Crippen LogP contribution in [0.3, 0.4) is 0 Å². The number of benzene rings is 1. The minimum Gasteiger partial charge on any atom is -0.206 e. The average Bonchev–Trinajstić information content (AvgIpc) is 2.20. The van der Waals surface area contributed by atoms with Gasteiger partial charge in [0.25, 0.3) is 0 Å². The van der Waals surface area contributed by atoms with Gasteiger partial charge in [0.05, 0.1) is 5.56 Å². The maximum Gasteiger partial charge on any atom is 0.140 e. The zero-order chi connectivity index (χ0) is 11.5. The van der Waals surface area contributed by atoms with Crippen LogP contribution in [0.1, 0.15) is 38.3 Å². The third-order valence-corrected chi connectivity index (χ3v) is 2.79. The molecule has 1 aromatic carbocycles. The molecule has 0 heterocycles. The fourth-order valence-corrected chi connectivity index (χ4v) is 1.45. The highest BCUT2D eigenvalue weighted by Gasteiger charge is 2.16. The van der Waals surface area contributed by atoms with E-state index in [2.05, 4.69) is 20.8 Å². The highest BCUT2D eigenvalue weighted by atomic mass is 19.1. The largest absolute Gasteiger partial charge is 0.206 e. The molecule has 1 rings (SSSR count). The maximum absolute atomic E-state index is 13.1. The number of nitrogens with zero attached hydrogens (tertiary/aromatic N) is 1. The summed E-state index contributed by atoms with van der Waals surface area (Å²) < 4.78 is 13.1. The Morgan fingerprint density at radius 2 is 2.07 bits per heavy atom. The number of hydrogen-bond acceptors (Lipinski definition) is 1. The van der Waals surface area contributed by atoms with Crippen LogP contribution in [-0.2, 0) is 6.42 Å². The van der Waals surface area contributed by atoms with Crippen LogP contribution in [0.5, 0.6) is 0 Å². The first-order valence-corrected chi connectivity index (χ1v) is 5.17. The van der Waals surface area contributed by atoms with Crippen LogP contribution in [0.2, 0.25) is 0 Å². The molecule has 0 aliphatic heterocycles. The summed E-state index contributed by atoms with van der Waals surface area (Å²) in [6.45, 7) is 6.47. The van der Waals surface area contributed by atoms with Crippen molar-refractivity contribution in [2.75, 3.05) is 0 Å². The molecular weight excluding hydrogens is 189 g/mol. The molecule has 80 valence electrons. The van der Waals surface area contributed by atoms with Crippen LogP contribution in [0.15, 0.2) is 18.2 Å². The first kappa shape index (κ1) is 11.7. The van der Waals surface area contributed by atoms with Crippen molar-refractivity contribution in [3.05, 3.63) is 35.1 Å². The Hall–Kier alpha value is -1.36. The Labute approximate surface area is 90.5 Å². The van der Waals surface area contributed by atoms with Crippen molar-refractivity contribution in [2.45, 2.75) is 33.6 Å². The third-order valence-electron chi connectivity index (χ3n) is 2.79. The Bertz CT molecular complexity index is 388. The van der Waals surface area contributed by atoms with Crippen molar-refractivity contribution < 1.29 is 4.39 Å². The molecule has 0 aromatic heterocycles. The zero-order valence-electron chi connectivity index (χ0n) is 9.47. The first-order valence-electron chi connectivity index (χ1n) is 5.17. The van der Waals surface area contributed by atoms with E-state index in [4.69, 9.17) is 5.26 Å². The summed E-state index contributed by atoms with van der Waals surface area (Å²) in [6, 6.07) is 6.64. The lowest BCUT2D eigenvalue weighted by Gasteiger charge is -2.22. The van der Waals surface area contributed by atoms with Gasteiger partial charge < -0.3 is 0 Å². The van der Waals surface area contributed by atoms with Gasteiger partial charge in [0, 0.05) is 0 Å². The highest BCUT2D eigenvalue weighted by molar-refractivity contribution is 5.34. The number of hydrogen-bond donors (Lipinski definition) is 0. The fourth-order valence-electron chi connectivity index (χ4n) is 1.45. The molecule has 0 unspecified atom stereocenters. The molecule has 0 fully saturated rings. The van der Waals surface area contributed by atoms with Crippen molar-refractivity contribution in [3.63, 3.8) is 0 Å². The summed E-state index contributed by atoms with van der Waals surface area (Å²) in [7, 11) is 0. The molecule has 1 aromatic rings. The predicted octanol–water partition coefficient (Wildman–Crippen LogP) is 3.68. The summed E-state index contributed by atoms with van der Waals surface area (Å²) in [5.41, 5.74) is 1.36. The van der Waals surface area contributed by atoms with Gasteiger partial charge in [-0.2, -0.15) is 5.26 Å². The average molecular weight is 205 g/mol. The summed E-state index contributed by atoms with van der Waals surface area (Å²) >= 11 is 0. The van der Waals surface area contributed by atoms with Gasteiger partial charge in [0.15, 0.2) is 0 Å². The van der Waals surface area contributed by atoms with E-state index in [-0.39, 0.29) is 11.0 Å². The van der Waals surface area contributed by atoms with Crippen molar-refractivity contribution >= 4 is 0 Å². The molecular formula is C13H16FN. The predicted molar refractivity (Wildman–Crippen MR) is 58.9 cm³/mol. The van der Waals surface area contributed by atoms with Gasteiger partial charge in [-0.1, -0.05) is 33.3 Å². The topological polar surface area (TPSA) is 23.8 Å². The molecule has 0 aliphatic carbocycles. The van der Waals surface area contributed by atoms with E-state index in [1.807, 2.05) is 6.07 Å². The van der Waals surface area contributed by atoms with Crippen LogP contribution in [0.25, 0.3) is 0 Å². The second-order valence-corrected chi connectivity index (χ2v) is 4.62. The minimum atomic E-state index is -0.435. The van der Waals surface area contributed by atoms with Gasteiger partial charge >= 0.3 is 0 Å². The molecule has 0 spiro atoms. The van der Waals surface area contributed by atoms with Crippen LogP contribution in [0.4, 0.5) is 4.39 Å². The lowest BCUT2D eigenvalue weighted by atomic mass is 9.83. The Morgan fingerprint density at radius 3 is 2.60 bits per heavy atom. The molecule has 0 amide bonds. The van der Waals surface area contributed by atoms with Gasteiger partial charge in [-0.15, -0.1) is 0 Å². The lowest BCUT2D eigenvalue weighted by Crippen LogP contribution is -2.13. The maximum atomic E-state index is 13.1. The Kier molecular flexibility index (Phi) is 3.47. The normalized spacial score (nSPS) is 11.1. The minimum absolute atomic E-state index is 0.138. The summed E-state index contributed by atoms with van der Waals surface area (Å²) in [5.74, 6) is -0.435. The Balaban J connectivity index is 2.94. The van der Waals surface area contributed by atoms with Crippen LogP contribution >= 0.6 is 0 Å². The number of nitriles is 1. The van der Waals surface area contributed by atoms with Gasteiger partial charge in [-0.05, 0) is 29.5 Å². The van der Waals surface area contributed by atoms with E-state index < -0.39 is 5.82 Å². The quantitative estimate of drug-likeness (QED) is 0.738. The van der Waals surface area contributed by atoms with Gasteiger partial charge in [0.1, 0.15) is 11.9 Å². The fraction of sp³-hybridized carbons (Fsp3) is 0.462. The molecule has 0 atom stereocenters. The molecule has 0 bridgehead atoms. The second-order valence-electron chi connectivity index (χ2n) is 4.62. The molecule has 15 heavy (non-hydrogen) atoms. The van der Waals surface area contributed by atoms with Crippen LogP contribution in [0, 0.1) is 22.6 Å². The van der Waals surface area contributed by atoms with Crippen LogP contribution in [-0.4, -0.2) is 0 Å². The lowest BCUT2D eigenvalue weighted by molar-refractivity contribution is 0.349. The smallest absolute Gasteiger partial charge is 0.140 e. The first-order chi connectivity index (χ1) is 6.98. The zero-order valence-corrected chi connectivity index (χ0v) is 9.47. The molecule has 1 nitrogen and oxygen atoms in total. The monoisotopic (exact) mass is 205 g/mol. The standard InChI is InChI=1S/C13H16FN/c1-4-13(2,3)8-10-5-6-12(14)11(7-10)9-15/h5-7H,4,8H2,1-3H3. The van der Waals surface area contributed by atoms with Gasteiger partial charge in [0.2, 0.25) is 0 Å². The van der Waals surface area contributed by atoms with E-state index >= 15 is 0 Å².